The molecule has 1 aliphatic rings. The molecular formula is C16H25N3O3. The summed E-state index contributed by atoms with van der Waals surface area (Å²) in [5.41, 5.74) is 1.46. The number of unbranched alkanes of at least 4 members (excludes halogenated alkanes) is 1. The zero-order chi connectivity index (χ0) is 16.3. The van der Waals surface area contributed by atoms with Gasteiger partial charge in [0.15, 0.2) is 0 Å². The lowest BCUT2D eigenvalue weighted by Gasteiger charge is -2.37. The van der Waals surface area contributed by atoms with Crippen molar-refractivity contribution in [2.75, 3.05) is 6.54 Å². The van der Waals surface area contributed by atoms with E-state index in [9.17, 15) is 14.7 Å². The molecule has 2 heterocycles. The first-order chi connectivity index (χ1) is 10.5. The van der Waals surface area contributed by atoms with Crippen molar-refractivity contribution in [3.63, 3.8) is 0 Å². The molecular weight excluding hydrogens is 282 g/mol. The van der Waals surface area contributed by atoms with Crippen LogP contribution in [-0.2, 0) is 11.3 Å². The molecule has 22 heavy (non-hydrogen) atoms. The second kappa shape index (κ2) is 6.94. The zero-order valence-electron chi connectivity index (χ0n) is 13.6. The van der Waals surface area contributed by atoms with Crippen LogP contribution in [0, 0.1) is 12.8 Å². The molecule has 0 unspecified atom stereocenters. The van der Waals surface area contributed by atoms with Crippen molar-refractivity contribution in [1.29, 1.82) is 0 Å². The molecule has 1 fully saturated rings. The van der Waals surface area contributed by atoms with Crippen LogP contribution in [-0.4, -0.2) is 44.3 Å². The van der Waals surface area contributed by atoms with E-state index in [-0.39, 0.29) is 11.9 Å². The molecule has 122 valence electrons. The van der Waals surface area contributed by atoms with E-state index in [1.165, 1.54) is 0 Å². The fraction of sp³-hybridized carbons (Fsp3) is 0.688. The van der Waals surface area contributed by atoms with E-state index in [0.29, 0.717) is 18.5 Å². The fourth-order valence-electron chi connectivity index (χ4n) is 3.10. The number of carboxylic acids is 1. The van der Waals surface area contributed by atoms with Gasteiger partial charge in [-0.2, -0.15) is 5.10 Å². The third kappa shape index (κ3) is 3.15. The number of aromatic nitrogens is 2. The number of carboxylic acid groups (broad SMARTS) is 1. The molecule has 1 saturated heterocycles. The molecule has 6 heteroatoms. The van der Waals surface area contributed by atoms with Crippen LogP contribution in [0.2, 0.25) is 0 Å². The first-order valence-corrected chi connectivity index (χ1v) is 8.03. The molecule has 2 atom stereocenters. The summed E-state index contributed by atoms with van der Waals surface area (Å²) in [7, 11) is 0. The van der Waals surface area contributed by atoms with Gasteiger partial charge < -0.3 is 10.0 Å². The third-order valence-electron chi connectivity index (χ3n) is 4.62. The van der Waals surface area contributed by atoms with Crippen molar-refractivity contribution < 1.29 is 14.7 Å². The highest BCUT2D eigenvalue weighted by Crippen LogP contribution is 2.26. The lowest BCUT2D eigenvalue weighted by atomic mass is 9.90. The van der Waals surface area contributed by atoms with E-state index in [1.807, 2.05) is 18.5 Å². The molecule has 6 nitrogen and oxygen atoms in total. The summed E-state index contributed by atoms with van der Waals surface area (Å²) >= 11 is 0. The minimum Gasteiger partial charge on any atom is -0.481 e. The van der Waals surface area contributed by atoms with E-state index >= 15 is 0 Å². The summed E-state index contributed by atoms with van der Waals surface area (Å²) < 4.78 is 1.86. The number of nitrogens with zero attached hydrogens (tertiary/aromatic N) is 3. The SMILES string of the molecule is CCCCn1ncc(C(=O)N2CCC[C@H](C(=O)O)[C@@H]2C)c1C. The van der Waals surface area contributed by atoms with Gasteiger partial charge in [-0.05, 0) is 33.1 Å². The number of amides is 1. The number of rotatable bonds is 5. The monoisotopic (exact) mass is 307 g/mol. The average molecular weight is 307 g/mol. The Bertz CT molecular complexity index is 553. The van der Waals surface area contributed by atoms with E-state index < -0.39 is 11.9 Å². The number of piperidine rings is 1. The first-order valence-electron chi connectivity index (χ1n) is 8.03. The van der Waals surface area contributed by atoms with Crippen molar-refractivity contribution in [1.82, 2.24) is 14.7 Å². The standard InChI is InChI=1S/C16H25N3O3/c1-4-5-9-19-12(3)14(10-17-19)15(20)18-8-6-7-13(11(18)2)16(21)22/h10-11,13H,4-9H2,1-3H3,(H,21,22)/t11-,13-/m0/s1. The maximum atomic E-state index is 12.8. The summed E-state index contributed by atoms with van der Waals surface area (Å²) in [6.07, 6.45) is 5.08. The van der Waals surface area contributed by atoms with E-state index in [4.69, 9.17) is 0 Å². The van der Waals surface area contributed by atoms with Crippen LogP contribution in [0.4, 0.5) is 0 Å². The van der Waals surface area contributed by atoms with Gasteiger partial charge in [-0.25, -0.2) is 0 Å². The Morgan fingerprint density at radius 1 is 1.45 bits per heavy atom. The quantitative estimate of drug-likeness (QED) is 0.906. The molecule has 0 spiro atoms. The molecule has 1 N–H and O–H groups in total. The molecule has 1 amide bonds. The lowest BCUT2D eigenvalue weighted by Crippen LogP contribution is -2.49. The smallest absolute Gasteiger partial charge is 0.308 e. The van der Waals surface area contributed by atoms with Gasteiger partial charge in [0.1, 0.15) is 0 Å². The van der Waals surface area contributed by atoms with Crippen molar-refractivity contribution >= 4 is 11.9 Å². The van der Waals surface area contributed by atoms with Crippen molar-refractivity contribution in [3.05, 3.63) is 17.5 Å². The molecule has 0 aromatic carbocycles. The Balaban J connectivity index is 2.17. The predicted molar refractivity (Wildman–Crippen MR) is 82.7 cm³/mol. The van der Waals surface area contributed by atoms with Crippen molar-refractivity contribution in [2.24, 2.45) is 5.92 Å². The molecule has 0 radical (unpaired) electrons. The molecule has 0 aliphatic carbocycles. The second-order valence-corrected chi connectivity index (χ2v) is 6.05. The van der Waals surface area contributed by atoms with Gasteiger partial charge in [0, 0.05) is 24.8 Å². The Morgan fingerprint density at radius 3 is 2.82 bits per heavy atom. The Morgan fingerprint density at radius 2 is 2.18 bits per heavy atom. The van der Waals surface area contributed by atoms with E-state index in [0.717, 1.165) is 31.5 Å². The van der Waals surface area contributed by atoms with Crippen LogP contribution in [0.15, 0.2) is 6.20 Å². The van der Waals surface area contributed by atoms with Crippen molar-refractivity contribution in [2.45, 2.75) is 59.0 Å². The fourth-order valence-corrected chi connectivity index (χ4v) is 3.10. The van der Waals surface area contributed by atoms with Crippen LogP contribution >= 0.6 is 0 Å². The first kappa shape index (κ1) is 16.5. The maximum absolute atomic E-state index is 12.8. The summed E-state index contributed by atoms with van der Waals surface area (Å²) in [6, 6.07) is -0.280. The summed E-state index contributed by atoms with van der Waals surface area (Å²) in [4.78, 5) is 25.8. The van der Waals surface area contributed by atoms with Crippen LogP contribution < -0.4 is 0 Å². The van der Waals surface area contributed by atoms with Crippen LogP contribution in [0.25, 0.3) is 0 Å². The molecule has 0 bridgehead atoms. The number of hydrogen-bond donors (Lipinski definition) is 1. The van der Waals surface area contributed by atoms with E-state index in [1.54, 1.807) is 11.1 Å². The van der Waals surface area contributed by atoms with Crippen LogP contribution in [0.3, 0.4) is 0 Å². The van der Waals surface area contributed by atoms with Gasteiger partial charge in [-0.1, -0.05) is 13.3 Å². The number of likely N-dealkylation sites (tertiary alicyclic amines) is 1. The molecule has 0 saturated carbocycles. The van der Waals surface area contributed by atoms with Gasteiger partial charge in [-0.15, -0.1) is 0 Å². The molecule has 1 aliphatic heterocycles. The maximum Gasteiger partial charge on any atom is 0.308 e. The lowest BCUT2D eigenvalue weighted by molar-refractivity contribution is -0.144. The highest BCUT2D eigenvalue weighted by molar-refractivity contribution is 5.95. The number of aryl methyl sites for hydroxylation is 1. The highest BCUT2D eigenvalue weighted by Gasteiger charge is 2.36. The summed E-state index contributed by atoms with van der Waals surface area (Å²) in [5, 5.41) is 13.6. The normalized spacial score (nSPS) is 21.9. The Labute approximate surface area is 131 Å². The number of carbonyl (C=O) groups excluding carboxylic acids is 1. The van der Waals surface area contributed by atoms with Gasteiger partial charge in [0.05, 0.1) is 17.7 Å². The highest BCUT2D eigenvalue weighted by atomic mass is 16.4. The largest absolute Gasteiger partial charge is 0.481 e. The Hall–Kier alpha value is -1.85. The summed E-state index contributed by atoms with van der Waals surface area (Å²) in [5.74, 6) is -1.40. The molecule has 1 aromatic rings. The van der Waals surface area contributed by atoms with E-state index in [2.05, 4.69) is 12.0 Å². The topological polar surface area (TPSA) is 75.4 Å². The number of hydrogen-bond acceptors (Lipinski definition) is 3. The van der Waals surface area contributed by atoms with Gasteiger partial charge in [0.2, 0.25) is 0 Å². The minimum absolute atomic E-state index is 0.0984. The predicted octanol–water partition coefficient (Wildman–Crippen LogP) is 2.32. The third-order valence-corrected chi connectivity index (χ3v) is 4.62. The average Bonchev–Trinajstić information content (AvgIpc) is 2.85. The zero-order valence-corrected chi connectivity index (χ0v) is 13.6. The van der Waals surface area contributed by atoms with Crippen molar-refractivity contribution in [3.8, 4) is 0 Å². The summed E-state index contributed by atoms with van der Waals surface area (Å²) in [6.45, 7) is 7.27. The van der Waals surface area contributed by atoms with Crippen LogP contribution in [0.5, 0.6) is 0 Å². The minimum atomic E-state index is -0.819. The van der Waals surface area contributed by atoms with Crippen LogP contribution in [0.1, 0.15) is 55.6 Å². The van der Waals surface area contributed by atoms with Gasteiger partial charge in [-0.3, -0.25) is 14.3 Å². The van der Waals surface area contributed by atoms with Gasteiger partial charge in [0.25, 0.3) is 5.91 Å². The van der Waals surface area contributed by atoms with Gasteiger partial charge >= 0.3 is 5.97 Å². The number of aliphatic carboxylic acids is 1. The molecule has 2 rings (SSSR count). The second-order valence-electron chi connectivity index (χ2n) is 6.05. The Kier molecular flexibility index (Phi) is 5.21. The number of carbonyl (C=O) groups is 2. The molecule has 1 aromatic heterocycles.